The lowest BCUT2D eigenvalue weighted by Gasteiger charge is -2.12. The fourth-order valence-electron chi connectivity index (χ4n) is 1.64. The molecule has 1 unspecified atom stereocenters. The highest BCUT2D eigenvalue weighted by molar-refractivity contribution is 5.48. The van der Waals surface area contributed by atoms with Crippen molar-refractivity contribution in [3.63, 3.8) is 0 Å². The Morgan fingerprint density at radius 2 is 1.65 bits per heavy atom. The molecule has 0 aromatic carbocycles. The zero-order valence-electron chi connectivity index (χ0n) is 17.9. The van der Waals surface area contributed by atoms with Gasteiger partial charge in [-0.1, -0.05) is 60.3 Å². The van der Waals surface area contributed by atoms with Crippen LogP contribution in [0.3, 0.4) is 0 Å². The lowest BCUT2D eigenvalue weighted by molar-refractivity contribution is -0.769. The maximum atomic E-state index is 10.1. The molecule has 0 aliphatic rings. The van der Waals surface area contributed by atoms with Crippen LogP contribution in [-0.2, 0) is 14.4 Å². The largest absolute Gasteiger partial charge is 0.394 e. The summed E-state index contributed by atoms with van der Waals surface area (Å²) in [5, 5.41) is 17.5. The Morgan fingerprint density at radius 1 is 1.04 bits per heavy atom. The quantitative estimate of drug-likeness (QED) is 0.209. The molecular weight excluding hydrogens is 338 g/mol. The van der Waals surface area contributed by atoms with Crippen LogP contribution in [0, 0.1) is 10.1 Å². The van der Waals surface area contributed by atoms with Crippen molar-refractivity contribution in [3.8, 4) is 0 Å². The molecule has 7 nitrogen and oxygen atoms in total. The van der Waals surface area contributed by atoms with E-state index in [1.165, 1.54) is 0 Å². The van der Waals surface area contributed by atoms with E-state index in [0.717, 1.165) is 51.2 Å². The molecule has 26 heavy (non-hydrogen) atoms. The minimum atomic E-state index is -0.674. The molecule has 160 valence electrons. The van der Waals surface area contributed by atoms with Crippen LogP contribution in [0.25, 0.3) is 0 Å². The first-order valence-corrected chi connectivity index (χ1v) is 9.97. The van der Waals surface area contributed by atoms with Crippen molar-refractivity contribution in [2.45, 2.75) is 99.0 Å². The second-order valence-corrected chi connectivity index (χ2v) is 5.11. The first-order valence-electron chi connectivity index (χ1n) is 9.97. The molecule has 0 saturated carbocycles. The highest BCUT2D eigenvalue weighted by Crippen LogP contribution is 2.11. The summed E-state index contributed by atoms with van der Waals surface area (Å²) >= 11 is 0. The second-order valence-electron chi connectivity index (χ2n) is 5.11. The number of hydrogen-bond acceptors (Lipinski definition) is 6. The summed E-state index contributed by atoms with van der Waals surface area (Å²) in [5.74, 6) is 0. The van der Waals surface area contributed by atoms with E-state index in [0.29, 0.717) is 19.6 Å². The molecule has 0 heterocycles. The third kappa shape index (κ3) is 43.4. The summed E-state index contributed by atoms with van der Waals surface area (Å²) in [5.41, 5.74) is 0. The number of aliphatic hydroxyl groups excluding tert-OH is 1. The number of carbonyl (C=O) groups excluding carboxylic acids is 1. The summed E-state index contributed by atoms with van der Waals surface area (Å²) < 4.78 is 4.73. The van der Waals surface area contributed by atoms with Crippen LogP contribution in [0.15, 0.2) is 0 Å². The third-order valence-corrected chi connectivity index (χ3v) is 2.82. The van der Waals surface area contributed by atoms with Crippen molar-refractivity contribution in [1.29, 1.82) is 0 Å². The Balaban J connectivity index is -0.000000155. The number of carbonyl (C=O) groups is 1. The van der Waals surface area contributed by atoms with E-state index in [4.69, 9.17) is 9.84 Å². The van der Waals surface area contributed by atoms with Gasteiger partial charge in [-0.3, -0.25) is 0 Å². The van der Waals surface area contributed by atoms with Gasteiger partial charge in [-0.25, -0.2) is 0 Å². The summed E-state index contributed by atoms with van der Waals surface area (Å²) in [4.78, 5) is 24.1. The molecule has 0 aromatic rings. The van der Waals surface area contributed by atoms with Gasteiger partial charge < -0.3 is 19.5 Å². The van der Waals surface area contributed by atoms with Crippen LogP contribution in [-0.4, -0.2) is 42.4 Å². The summed E-state index contributed by atoms with van der Waals surface area (Å²) in [6.07, 6.45) is 8.24. The number of rotatable bonds is 13. The van der Waals surface area contributed by atoms with Gasteiger partial charge in [-0.05, 0) is 26.2 Å². The van der Waals surface area contributed by atoms with Crippen molar-refractivity contribution in [1.82, 2.24) is 0 Å². The average Bonchev–Trinajstić information content (AvgIpc) is 2.63. The van der Waals surface area contributed by atoms with Crippen molar-refractivity contribution in [2.24, 2.45) is 0 Å². The molecule has 1 N–H and O–H groups in total. The molecular formula is C19H43NO6. The topological polar surface area (TPSA) is 98.9 Å². The fourth-order valence-corrected chi connectivity index (χ4v) is 1.64. The van der Waals surface area contributed by atoms with Crippen LogP contribution < -0.4 is 0 Å². The number of nitrogens with zero attached hydrogens (tertiary/aromatic N) is 1. The first-order chi connectivity index (χ1) is 12.5. The van der Waals surface area contributed by atoms with E-state index in [1.807, 2.05) is 34.6 Å². The fraction of sp³-hybridized carbons (Fsp3) is 0.947. The van der Waals surface area contributed by atoms with E-state index in [9.17, 15) is 14.9 Å². The Labute approximate surface area is 160 Å². The van der Waals surface area contributed by atoms with Gasteiger partial charge in [0.25, 0.3) is 5.09 Å². The van der Waals surface area contributed by atoms with E-state index < -0.39 is 5.09 Å². The van der Waals surface area contributed by atoms with Crippen LogP contribution in [0.2, 0.25) is 0 Å². The Hall–Kier alpha value is -1.21. The maximum Gasteiger partial charge on any atom is 0.294 e. The van der Waals surface area contributed by atoms with E-state index >= 15 is 0 Å². The molecule has 0 spiro atoms. The van der Waals surface area contributed by atoms with Gasteiger partial charge in [0.1, 0.15) is 12.4 Å². The molecule has 0 rings (SSSR count). The molecule has 0 amide bonds. The number of aldehydes is 1. The van der Waals surface area contributed by atoms with Crippen LogP contribution >= 0.6 is 0 Å². The maximum absolute atomic E-state index is 10.1. The summed E-state index contributed by atoms with van der Waals surface area (Å²) in [7, 11) is 0. The molecule has 0 saturated heterocycles. The van der Waals surface area contributed by atoms with Gasteiger partial charge in [-0.2, -0.15) is 0 Å². The number of ether oxygens (including phenoxy) is 1. The highest BCUT2D eigenvalue weighted by Gasteiger charge is 2.11. The molecule has 0 bridgehead atoms. The molecule has 0 aliphatic carbocycles. The lowest BCUT2D eigenvalue weighted by atomic mass is 10.1. The highest BCUT2D eigenvalue weighted by atomic mass is 17.0. The van der Waals surface area contributed by atoms with Crippen molar-refractivity contribution < 1.29 is 24.6 Å². The zero-order chi connectivity index (χ0) is 21.1. The number of hydrogen-bond donors (Lipinski definition) is 1. The van der Waals surface area contributed by atoms with E-state index in [1.54, 1.807) is 0 Å². The second kappa shape index (κ2) is 35.0. The molecule has 7 heteroatoms. The predicted molar refractivity (Wildman–Crippen MR) is 107 cm³/mol. The van der Waals surface area contributed by atoms with Gasteiger partial charge in [0.05, 0.1) is 13.2 Å². The van der Waals surface area contributed by atoms with Crippen molar-refractivity contribution in [3.05, 3.63) is 10.1 Å². The molecule has 0 fully saturated rings. The summed E-state index contributed by atoms with van der Waals surface area (Å²) in [6.45, 7) is 13.3. The number of aliphatic hydroxyl groups is 1. The first kappa shape index (κ1) is 32.5. The zero-order valence-corrected chi connectivity index (χ0v) is 17.9. The van der Waals surface area contributed by atoms with Crippen LogP contribution in [0.5, 0.6) is 0 Å². The van der Waals surface area contributed by atoms with Crippen molar-refractivity contribution >= 4 is 6.29 Å². The minimum absolute atomic E-state index is 0.133. The Kier molecular flexibility index (Phi) is 43.7. The molecule has 0 aliphatic heterocycles. The lowest BCUT2D eigenvalue weighted by Crippen LogP contribution is -2.16. The van der Waals surface area contributed by atoms with Gasteiger partial charge in [0.15, 0.2) is 0 Å². The minimum Gasteiger partial charge on any atom is -0.394 e. The molecule has 1 atom stereocenters. The smallest absolute Gasteiger partial charge is 0.294 e. The van der Waals surface area contributed by atoms with Crippen LogP contribution in [0.1, 0.15) is 92.9 Å². The average molecular weight is 382 g/mol. The Morgan fingerprint density at radius 3 is 1.92 bits per heavy atom. The van der Waals surface area contributed by atoms with E-state index in [2.05, 4.69) is 11.8 Å². The Bertz CT molecular complexity index is 248. The van der Waals surface area contributed by atoms with Gasteiger partial charge in [0.2, 0.25) is 0 Å². The normalized spacial score (nSPS) is 9.96. The SMILES string of the molecule is CC.CCCC=O.CCCCCC(CCC)O[N+](=O)[O-].CCOCCO. The van der Waals surface area contributed by atoms with Gasteiger partial charge in [-0.15, -0.1) is 10.1 Å². The number of unbranched alkanes of at least 4 members (excludes halogenated alkanes) is 3. The van der Waals surface area contributed by atoms with Gasteiger partial charge in [0, 0.05) is 13.0 Å². The third-order valence-electron chi connectivity index (χ3n) is 2.82. The summed E-state index contributed by atoms with van der Waals surface area (Å²) in [6, 6.07) is 0. The predicted octanol–water partition coefficient (Wildman–Crippen LogP) is 4.97. The standard InChI is InChI=1S/C9H19NO3.C4H10O2.C4H8O.C2H6/c1-3-5-6-8-9(7-4-2)13-10(11)12;1-2-6-4-3-5;1-2-3-4-5;1-2/h9H,3-8H2,1-2H3;5H,2-4H2,1H3;4H,2-3H2,1H3;1-2H3. The van der Waals surface area contributed by atoms with Gasteiger partial charge >= 0.3 is 0 Å². The van der Waals surface area contributed by atoms with Crippen molar-refractivity contribution in [2.75, 3.05) is 19.8 Å². The molecule has 0 aromatic heterocycles. The monoisotopic (exact) mass is 381 g/mol. The van der Waals surface area contributed by atoms with E-state index in [-0.39, 0.29) is 12.7 Å². The molecule has 0 radical (unpaired) electrons. The van der Waals surface area contributed by atoms with Crippen LogP contribution in [0.4, 0.5) is 0 Å².